The fraction of sp³-hybridized carbons (Fsp3) is 0.312. The molecule has 114 valence electrons. The van der Waals surface area contributed by atoms with Crippen molar-refractivity contribution in [2.24, 2.45) is 0 Å². The molecular formula is C16H17N3O3. The number of amides is 1. The molecule has 0 unspecified atom stereocenters. The van der Waals surface area contributed by atoms with Crippen LogP contribution in [0, 0.1) is 0 Å². The minimum Gasteiger partial charge on any atom is -0.480 e. The van der Waals surface area contributed by atoms with Crippen molar-refractivity contribution < 1.29 is 14.3 Å². The predicted octanol–water partition coefficient (Wildman–Crippen LogP) is 1.62. The van der Waals surface area contributed by atoms with Crippen LogP contribution >= 0.6 is 0 Å². The average Bonchev–Trinajstić information content (AvgIpc) is 2.62. The number of benzene rings is 1. The maximum absolute atomic E-state index is 12.5. The Kier molecular flexibility index (Phi) is 4.29. The van der Waals surface area contributed by atoms with Gasteiger partial charge in [-0.2, -0.15) is 0 Å². The van der Waals surface area contributed by atoms with Gasteiger partial charge in [-0.1, -0.05) is 12.1 Å². The third-order valence-corrected chi connectivity index (χ3v) is 3.55. The zero-order valence-electron chi connectivity index (χ0n) is 12.4. The number of carbonyl (C=O) groups excluding carboxylic acids is 1. The lowest BCUT2D eigenvalue weighted by atomic mass is 10.1. The zero-order chi connectivity index (χ0) is 15.4. The first kappa shape index (κ1) is 14.5. The number of hydrogen-bond acceptors (Lipinski definition) is 5. The summed E-state index contributed by atoms with van der Waals surface area (Å²) in [6, 6.07) is 11.0. The highest BCUT2D eigenvalue weighted by Crippen LogP contribution is 2.20. The molecule has 1 aromatic carbocycles. The lowest BCUT2D eigenvalue weighted by Gasteiger charge is -2.27. The van der Waals surface area contributed by atoms with Crippen LogP contribution in [0.2, 0.25) is 0 Å². The van der Waals surface area contributed by atoms with Gasteiger partial charge in [0.1, 0.15) is 0 Å². The summed E-state index contributed by atoms with van der Waals surface area (Å²) in [6.07, 6.45) is 0. The highest BCUT2D eigenvalue weighted by molar-refractivity contribution is 5.95. The Bertz CT molecular complexity index is 652. The van der Waals surface area contributed by atoms with Crippen LogP contribution in [0.5, 0.6) is 5.88 Å². The Morgan fingerprint density at radius 1 is 1.18 bits per heavy atom. The normalized spacial score (nSPS) is 14.7. The van der Waals surface area contributed by atoms with Crippen LogP contribution < -0.4 is 4.74 Å². The lowest BCUT2D eigenvalue weighted by molar-refractivity contribution is 0.0303. The number of ether oxygens (including phenoxy) is 2. The third kappa shape index (κ3) is 3.07. The molecular weight excluding hydrogens is 282 g/mol. The largest absolute Gasteiger partial charge is 0.480 e. The van der Waals surface area contributed by atoms with Crippen LogP contribution in [0.15, 0.2) is 36.4 Å². The summed E-state index contributed by atoms with van der Waals surface area (Å²) in [5.74, 6) is 0.482. The van der Waals surface area contributed by atoms with Gasteiger partial charge in [-0.3, -0.25) is 4.79 Å². The molecule has 3 rings (SSSR count). The van der Waals surface area contributed by atoms with Gasteiger partial charge in [0.15, 0.2) is 0 Å². The second-order valence-electron chi connectivity index (χ2n) is 4.95. The molecule has 1 aliphatic rings. The molecule has 0 bridgehead atoms. The maximum Gasteiger partial charge on any atom is 0.254 e. The van der Waals surface area contributed by atoms with Gasteiger partial charge in [0.25, 0.3) is 5.91 Å². The first-order chi connectivity index (χ1) is 10.8. The number of morpholine rings is 1. The van der Waals surface area contributed by atoms with Crippen molar-refractivity contribution in [3.63, 3.8) is 0 Å². The Labute approximate surface area is 128 Å². The van der Waals surface area contributed by atoms with Gasteiger partial charge in [0, 0.05) is 30.3 Å². The number of aromatic nitrogens is 2. The van der Waals surface area contributed by atoms with E-state index in [0.29, 0.717) is 43.4 Å². The van der Waals surface area contributed by atoms with Crippen molar-refractivity contribution in [2.45, 2.75) is 0 Å². The Morgan fingerprint density at radius 2 is 2.00 bits per heavy atom. The van der Waals surface area contributed by atoms with Gasteiger partial charge in [0.05, 0.1) is 26.0 Å². The monoisotopic (exact) mass is 299 g/mol. The van der Waals surface area contributed by atoms with E-state index in [2.05, 4.69) is 10.2 Å². The Hall–Kier alpha value is -2.47. The molecule has 1 saturated heterocycles. The molecule has 0 radical (unpaired) electrons. The molecule has 1 amide bonds. The molecule has 0 N–H and O–H groups in total. The van der Waals surface area contributed by atoms with Crippen molar-refractivity contribution in [2.75, 3.05) is 33.4 Å². The standard InChI is InChI=1S/C16H17N3O3/c1-21-15-6-5-14(17-18-15)12-3-2-4-13(11-12)16(20)19-7-9-22-10-8-19/h2-6,11H,7-10H2,1H3. The average molecular weight is 299 g/mol. The molecule has 22 heavy (non-hydrogen) atoms. The molecule has 0 atom stereocenters. The second kappa shape index (κ2) is 6.53. The van der Waals surface area contributed by atoms with Crippen molar-refractivity contribution in [3.05, 3.63) is 42.0 Å². The SMILES string of the molecule is COc1ccc(-c2cccc(C(=O)N3CCOCC3)c2)nn1. The van der Waals surface area contributed by atoms with E-state index in [0.717, 1.165) is 5.56 Å². The molecule has 1 aliphatic heterocycles. The Balaban J connectivity index is 1.83. The summed E-state index contributed by atoms with van der Waals surface area (Å²) >= 11 is 0. The van der Waals surface area contributed by atoms with Gasteiger partial charge >= 0.3 is 0 Å². The lowest BCUT2D eigenvalue weighted by Crippen LogP contribution is -2.40. The molecule has 1 fully saturated rings. The topological polar surface area (TPSA) is 64.5 Å². The number of carbonyl (C=O) groups is 1. The molecule has 1 aromatic heterocycles. The van der Waals surface area contributed by atoms with Crippen LogP contribution in [-0.4, -0.2) is 54.4 Å². The summed E-state index contributed by atoms with van der Waals surface area (Å²) in [5.41, 5.74) is 2.21. The molecule has 2 aromatic rings. The van der Waals surface area contributed by atoms with E-state index in [4.69, 9.17) is 9.47 Å². The van der Waals surface area contributed by atoms with Crippen LogP contribution in [-0.2, 0) is 4.74 Å². The fourth-order valence-corrected chi connectivity index (χ4v) is 2.34. The first-order valence-electron chi connectivity index (χ1n) is 7.13. The van der Waals surface area contributed by atoms with Crippen LogP contribution in [0.4, 0.5) is 0 Å². The fourth-order valence-electron chi connectivity index (χ4n) is 2.34. The summed E-state index contributed by atoms with van der Waals surface area (Å²) in [6.45, 7) is 2.45. The molecule has 0 saturated carbocycles. The van der Waals surface area contributed by atoms with Gasteiger partial charge in [-0.15, -0.1) is 10.2 Å². The van der Waals surface area contributed by atoms with Crippen LogP contribution in [0.3, 0.4) is 0 Å². The van der Waals surface area contributed by atoms with Gasteiger partial charge in [0.2, 0.25) is 5.88 Å². The number of rotatable bonds is 3. The molecule has 6 heteroatoms. The van der Waals surface area contributed by atoms with E-state index >= 15 is 0 Å². The summed E-state index contributed by atoms with van der Waals surface area (Å²) < 4.78 is 10.3. The zero-order valence-corrected chi connectivity index (χ0v) is 12.4. The van der Waals surface area contributed by atoms with Crippen LogP contribution in [0.1, 0.15) is 10.4 Å². The maximum atomic E-state index is 12.5. The van der Waals surface area contributed by atoms with E-state index in [1.54, 1.807) is 13.2 Å². The van der Waals surface area contributed by atoms with Crippen molar-refractivity contribution in [3.8, 4) is 17.1 Å². The number of methoxy groups -OCH3 is 1. The van der Waals surface area contributed by atoms with E-state index in [9.17, 15) is 4.79 Å². The van der Waals surface area contributed by atoms with Gasteiger partial charge < -0.3 is 14.4 Å². The minimum atomic E-state index is 0.0200. The number of nitrogens with zero attached hydrogens (tertiary/aromatic N) is 3. The molecule has 0 spiro atoms. The highest BCUT2D eigenvalue weighted by atomic mass is 16.5. The predicted molar refractivity (Wildman–Crippen MR) is 80.7 cm³/mol. The van der Waals surface area contributed by atoms with Crippen molar-refractivity contribution in [1.82, 2.24) is 15.1 Å². The van der Waals surface area contributed by atoms with E-state index in [-0.39, 0.29) is 5.91 Å². The molecule has 0 aliphatic carbocycles. The summed E-state index contributed by atoms with van der Waals surface area (Å²) in [5, 5.41) is 8.07. The quantitative estimate of drug-likeness (QED) is 0.862. The van der Waals surface area contributed by atoms with E-state index in [1.165, 1.54) is 0 Å². The Morgan fingerprint density at radius 3 is 2.68 bits per heavy atom. The first-order valence-corrected chi connectivity index (χ1v) is 7.13. The summed E-state index contributed by atoms with van der Waals surface area (Å²) in [4.78, 5) is 14.3. The molecule has 6 nitrogen and oxygen atoms in total. The smallest absolute Gasteiger partial charge is 0.254 e. The number of hydrogen-bond donors (Lipinski definition) is 0. The minimum absolute atomic E-state index is 0.0200. The van der Waals surface area contributed by atoms with E-state index < -0.39 is 0 Å². The second-order valence-corrected chi connectivity index (χ2v) is 4.95. The summed E-state index contributed by atoms with van der Waals surface area (Å²) in [7, 11) is 1.55. The van der Waals surface area contributed by atoms with Crippen molar-refractivity contribution in [1.29, 1.82) is 0 Å². The molecule has 2 heterocycles. The van der Waals surface area contributed by atoms with Gasteiger partial charge in [-0.25, -0.2) is 0 Å². The third-order valence-electron chi connectivity index (χ3n) is 3.55. The van der Waals surface area contributed by atoms with E-state index in [1.807, 2.05) is 35.2 Å². The van der Waals surface area contributed by atoms with Crippen molar-refractivity contribution >= 4 is 5.91 Å². The van der Waals surface area contributed by atoms with Crippen LogP contribution in [0.25, 0.3) is 11.3 Å². The van der Waals surface area contributed by atoms with Gasteiger partial charge in [-0.05, 0) is 18.2 Å². The highest BCUT2D eigenvalue weighted by Gasteiger charge is 2.18.